The maximum atomic E-state index is 12.6. The van der Waals surface area contributed by atoms with Crippen molar-refractivity contribution in [1.82, 2.24) is 9.97 Å². The Balaban J connectivity index is 1.55. The molecule has 128 valence electrons. The van der Waals surface area contributed by atoms with Crippen LogP contribution < -0.4 is 5.32 Å². The SMILES string of the molecule is Cc1cccc(NC(=O)[C@@H](C)Sc2ncnc3sc4c(c23)CCC4)c1. The van der Waals surface area contributed by atoms with E-state index in [1.54, 1.807) is 17.7 Å². The maximum absolute atomic E-state index is 12.6. The van der Waals surface area contributed by atoms with Gasteiger partial charge in [-0.05, 0) is 56.4 Å². The molecule has 25 heavy (non-hydrogen) atoms. The Bertz CT molecular complexity index is 951. The highest BCUT2D eigenvalue weighted by atomic mass is 32.2. The highest BCUT2D eigenvalue weighted by Crippen LogP contribution is 2.40. The van der Waals surface area contributed by atoms with Crippen LogP contribution >= 0.6 is 23.1 Å². The zero-order chi connectivity index (χ0) is 17.4. The van der Waals surface area contributed by atoms with Gasteiger partial charge in [-0.15, -0.1) is 11.3 Å². The van der Waals surface area contributed by atoms with Crippen LogP contribution in [0.25, 0.3) is 10.2 Å². The first-order chi connectivity index (χ1) is 12.1. The number of nitrogens with one attached hydrogen (secondary N) is 1. The summed E-state index contributed by atoms with van der Waals surface area (Å²) in [7, 11) is 0. The molecule has 0 aliphatic heterocycles. The van der Waals surface area contributed by atoms with E-state index in [-0.39, 0.29) is 11.2 Å². The van der Waals surface area contributed by atoms with Crippen LogP contribution in [-0.4, -0.2) is 21.1 Å². The summed E-state index contributed by atoms with van der Waals surface area (Å²) in [5.74, 6) is -0.00534. The zero-order valence-corrected chi connectivity index (χ0v) is 15.8. The Kier molecular flexibility index (Phi) is 4.48. The second kappa shape index (κ2) is 6.77. The number of carbonyl (C=O) groups excluding carboxylic acids is 1. The van der Waals surface area contributed by atoms with Crippen LogP contribution in [0.4, 0.5) is 5.69 Å². The number of aromatic nitrogens is 2. The van der Waals surface area contributed by atoms with E-state index in [1.807, 2.05) is 38.1 Å². The Hall–Kier alpha value is -1.92. The van der Waals surface area contributed by atoms with Gasteiger partial charge in [-0.2, -0.15) is 0 Å². The van der Waals surface area contributed by atoms with Crippen molar-refractivity contribution >= 4 is 44.9 Å². The lowest BCUT2D eigenvalue weighted by Gasteiger charge is -2.12. The van der Waals surface area contributed by atoms with E-state index in [0.717, 1.165) is 33.9 Å². The minimum absolute atomic E-state index is 0.00534. The third kappa shape index (κ3) is 3.28. The molecule has 1 aliphatic carbocycles. The Morgan fingerprint density at radius 3 is 3.04 bits per heavy atom. The second-order valence-corrected chi connectivity index (χ2v) is 8.75. The minimum atomic E-state index is -0.226. The van der Waals surface area contributed by atoms with Gasteiger partial charge in [0.05, 0.1) is 5.25 Å². The van der Waals surface area contributed by atoms with Crippen LogP contribution in [-0.2, 0) is 17.6 Å². The van der Waals surface area contributed by atoms with E-state index in [2.05, 4.69) is 15.3 Å². The number of anilines is 1. The summed E-state index contributed by atoms with van der Waals surface area (Å²) in [6, 6.07) is 7.86. The number of thioether (sulfide) groups is 1. The first-order valence-corrected chi connectivity index (χ1v) is 10.1. The number of carbonyl (C=O) groups is 1. The summed E-state index contributed by atoms with van der Waals surface area (Å²) in [5.41, 5.74) is 3.36. The van der Waals surface area contributed by atoms with Crippen molar-refractivity contribution in [2.45, 2.75) is 43.4 Å². The van der Waals surface area contributed by atoms with Crippen molar-refractivity contribution < 1.29 is 4.79 Å². The van der Waals surface area contributed by atoms with E-state index in [1.165, 1.54) is 34.0 Å². The molecular weight excluding hydrogens is 350 g/mol. The quantitative estimate of drug-likeness (QED) is 0.539. The molecule has 0 radical (unpaired) electrons. The first kappa shape index (κ1) is 16.5. The second-order valence-electron chi connectivity index (χ2n) is 6.34. The number of amides is 1. The molecule has 2 heterocycles. The number of benzene rings is 1. The normalized spacial score (nSPS) is 14.5. The molecule has 0 unspecified atom stereocenters. The highest BCUT2D eigenvalue weighted by Gasteiger charge is 2.23. The molecule has 6 heteroatoms. The fourth-order valence-electron chi connectivity index (χ4n) is 3.18. The van der Waals surface area contributed by atoms with Gasteiger partial charge in [-0.1, -0.05) is 23.9 Å². The Labute approximate surface area is 155 Å². The fraction of sp³-hybridized carbons (Fsp3) is 0.316. The van der Waals surface area contributed by atoms with Crippen molar-refractivity contribution in [3.63, 3.8) is 0 Å². The maximum Gasteiger partial charge on any atom is 0.237 e. The van der Waals surface area contributed by atoms with E-state index < -0.39 is 0 Å². The average Bonchev–Trinajstić information content (AvgIpc) is 3.15. The number of hydrogen-bond acceptors (Lipinski definition) is 5. The molecular formula is C19H19N3OS2. The molecule has 0 spiro atoms. The summed E-state index contributed by atoms with van der Waals surface area (Å²) in [6.45, 7) is 3.94. The highest BCUT2D eigenvalue weighted by molar-refractivity contribution is 8.00. The van der Waals surface area contributed by atoms with Gasteiger partial charge in [0.1, 0.15) is 16.2 Å². The van der Waals surface area contributed by atoms with Crippen molar-refractivity contribution in [3.8, 4) is 0 Å². The van der Waals surface area contributed by atoms with Gasteiger partial charge in [-0.25, -0.2) is 9.97 Å². The molecule has 0 fully saturated rings. The van der Waals surface area contributed by atoms with Crippen LogP contribution in [0.3, 0.4) is 0 Å². The van der Waals surface area contributed by atoms with Crippen LogP contribution in [0.5, 0.6) is 0 Å². The molecule has 4 nitrogen and oxygen atoms in total. The van der Waals surface area contributed by atoms with Gasteiger partial charge in [0.25, 0.3) is 0 Å². The van der Waals surface area contributed by atoms with Crippen molar-refractivity contribution in [2.24, 2.45) is 0 Å². The lowest BCUT2D eigenvalue weighted by atomic mass is 10.2. The topological polar surface area (TPSA) is 54.9 Å². The van der Waals surface area contributed by atoms with Crippen LogP contribution in [0, 0.1) is 6.92 Å². The lowest BCUT2D eigenvalue weighted by molar-refractivity contribution is -0.115. The van der Waals surface area contributed by atoms with Gasteiger partial charge in [-0.3, -0.25) is 4.79 Å². The van der Waals surface area contributed by atoms with Gasteiger partial charge in [0.2, 0.25) is 5.91 Å². The predicted molar refractivity (Wildman–Crippen MR) is 105 cm³/mol. The molecule has 1 aromatic carbocycles. The third-order valence-corrected chi connectivity index (χ3v) is 6.71. The molecule has 2 aromatic heterocycles. The van der Waals surface area contributed by atoms with Gasteiger partial charge < -0.3 is 5.32 Å². The van der Waals surface area contributed by atoms with Crippen molar-refractivity contribution in [2.75, 3.05) is 5.32 Å². The van der Waals surface area contributed by atoms with E-state index >= 15 is 0 Å². The van der Waals surface area contributed by atoms with Gasteiger partial charge in [0.15, 0.2) is 0 Å². The molecule has 0 saturated carbocycles. The summed E-state index contributed by atoms with van der Waals surface area (Å²) in [5, 5.41) is 4.86. The first-order valence-electron chi connectivity index (χ1n) is 8.41. The molecule has 1 aliphatic rings. The number of nitrogens with zero attached hydrogens (tertiary/aromatic N) is 2. The summed E-state index contributed by atoms with van der Waals surface area (Å²) in [4.78, 5) is 24.0. The number of fused-ring (bicyclic) bond motifs is 3. The van der Waals surface area contributed by atoms with E-state index in [4.69, 9.17) is 0 Å². The summed E-state index contributed by atoms with van der Waals surface area (Å²) >= 11 is 3.29. The number of rotatable bonds is 4. The van der Waals surface area contributed by atoms with Gasteiger partial charge in [0, 0.05) is 16.0 Å². The molecule has 0 bridgehead atoms. The molecule has 4 rings (SSSR count). The lowest BCUT2D eigenvalue weighted by Crippen LogP contribution is -2.22. The largest absolute Gasteiger partial charge is 0.325 e. The van der Waals surface area contributed by atoms with Crippen LogP contribution in [0.1, 0.15) is 29.3 Å². The average molecular weight is 370 g/mol. The molecule has 0 saturated heterocycles. The molecule has 3 aromatic rings. The number of aryl methyl sites for hydroxylation is 3. The number of thiophene rings is 1. The monoisotopic (exact) mass is 369 g/mol. The van der Waals surface area contributed by atoms with Crippen molar-refractivity contribution in [1.29, 1.82) is 0 Å². The van der Waals surface area contributed by atoms with Crippen LogP contribution in [0.2, 0.25) is 0 Å². The smallest absolute Gasteiger partial charge is 0.237 e. The number of hydrogen-bond donors (Lipinski definition) is 1. The van der Waals surface area contributed by atoms with E-state index in [9.17, 15) is 4.79 Å². The third-order valence-electron chi connectivity index (χ3n) is 4.41. The Morgan fingerprint density at radius 2 is 2.20 bits per heavy atom. The summed E-state index contributed by atoms with van der Waals surface area (Å²) < 4.78 is 0. The Morgan fingerprint density at radius 1 is 1.32 bits per heavy atom. The van der Waals surface area contributed by atoms with E-state index in [0.29, 0.717) is 0 Å². The van der Waals surface area contributed by atoms with Gasteiger partial charge >= 0.3 is 0 Å². The standard InChI is InChI=1S/C19H19N3OS2/c1-11-5-3-6-13(9-11)22-17(23)12(2)24-18-16-14-7-4-8-15(14)25-19(16)21-10-20-18/h3,5-6,9-10,12H,4,7-8H2,1-2H3,(H,22,23)/t12-/m1/s1. The van der Waals surface area contributed by atoms with Crippen LogP contribution in [0.15, 0.2) is 35.6 Å². The molecule has 1 N–H and O–H groups in total. The zero-order valence-electron chi connectivity index (χ0n) is 14.2. The molecule has 1 amide bonds. The van der Waals surface area contributed by atoms with Crippen molar-refractivity contribution in [3.05, 3.63) is 46.6 Å². The minimum Gasteiger partial charge on any atom is -0.325 e. The molecule has 1 atom stereocenters. The fourth-order valence-corrected chi connectivity index (χ4v) is 5.42. The summed E-state index contributed by atoms with van der Waals surface area (Å²) in [6.07, 6.45) is 5.06. The predicted octanol–water partition coefficient (Wildman–Crippen LogP) is 4.61.